The van der Waals surface area contributed by atoms with Gasteiger partial charge in [0.05, 0.1) is 4.99 Å². The standard InChI is InChI=1S/C11H22N2OS/c1-4-13(8-7-10(12)15)11(14)6-5-9(2)3/h9H,4-8H2,1-3H3,(H2,12,15). The number of thiocarbonyl (C=S) groups is 1. The van der Waals surface area contributed by atoms with Crippen molar-refractivity contribution in [2.45, 2.75) is 40.0 Å². The maximum atomic E-state index is 11.7. The van der Waals surface area contributed by atoms with Crippen molar-refractivity contribution in [1.29, 1.82) is 0 Å². The van der Waals surface area contributed by atoms with Crippen LogP contribution in [0.25, 0.3) is 0 Å². The lowest BCUT2D eigenvalue weighted by Crippen LogP contribution is -2.33. The molecule has 0 aliphatic carbocycles. The molecule has 0 saturated carbocycles. The first-order valence-electron chi connectivity index (χ1n) is 5.53. The van der Waals surface area contributed by atoms with Crippen LogP contribution in [0.4, 0.5) is 0 Å². The number of rotatable bonds is 7. The maximum Gasteiger partial charge on any atom is 0.222 e. The second kappa shape index (κ2) is 7.63. The highest BCUT2D eigenvalue weighted by molar-refractivity contribution is 7.80. The van der Waals surface area contributed by atoms with Gasteiger partial charge < -0.3 is 10.6 Å². The molecule has 0 heterocycles. The monoisotopic (exact) mass is 230 g/mol. The van der Waals surface area contributed by atoms with E-state index in [4.69, 9.17) is 18.0 Å². The lowest BCUT2D eigenvalue weighted by atomic mass is 10.1. The van der Waals surface area contributed by atoms with Crippen molar-refractivity contribution in [2.24, 2.45) is 11.7 Å². The Hall–Kier alpha value is -0.640. The number of hydrogen-bond acceptors (Lipinski definition) is 2. The lowest BCUT2D eigenvalue weighted by molar-refractivity contribution is -0.131. The van der Waals surface area contributed by atoms with E-state index in [0.29, 0.717) is 30.3 Å². The van der Waals surface area contributed by atoms with Crippen LogP contribution in [-0.4, -0.2) is 28.9 Å². The third kappa shape index (κ3) is 7.31. The molecule has 0 atom stereocenters. The van der Waals surface area contributed by atoms with Crippen molar-refractivity contribution >= 4 is 23.1 Å². The van der Waals surface area contributed by atoms with Crippen molar-refractivity contribution in [1.82, 2.24) is 4.90 Å². The Morgan fingerprint density at radius 3 is 2.40 bits per heavy atom. The predicted octanol–water partition coefficient (Wildman–Crippen LogP) is 1.95. The van der Waals surface area contributed by atoms with Crippen LogP contribution in [0.15, 0.2) is 0 Å². The van der Waals surface area contributed by atoms with Crippen LogP contribution in [0.5, 0.6) is 0 Å². The fraction of sp³-hybridized carbons (Fsp3) is 0.818. The summed E-state index contributed by atoms with van der Waals surface area (Å²) in [4.78, 5) is 14.0. The van der Waals surface area contributed by atoms with E-state index >= 15 is 0 Å². The normalized spacial score (nSPS) is 10.4. The Bertz CT molecular complexity index is 217. The Balaban J connectivity index is 3.93. The fourth-order valence-corrected chi connectivity index (χ4v) is 1.37. The second-order valence-corrected chi connectivity index (χ2v) is 4.65. The van der Waals surface area contributed by atoms with Gasteiger partial charge in [-0.3, -0.25) is 4.79 Å². The van der Waals surface area contributed by atoms with Crippen molar-refractivity contribution in [2.75, 3.05) is 13.1 Å². The van der Waals surface area contributed by atoms with Crippen LogP contribution in [0, 0.1) is 5.92 Å². The van der Waals surface area contributed by atoms with Crippen LogP contribution < -0.4 is 5.73 Å². The Kier molecular flexibility index (Phi) is 7.30. The van der Waals surface area contributed by atoms with E-state index in [1.54, 1.807) is 0 Å². The SMILES string of the molecule is CCN(CCC(N)=S)C(=O)CCC(C)C. The van der Waals surface area contributed by atoms with Gasteiger partial charge in [0.2, 0.25) is 5.91 Å². The Labute approximate surface area is 98.0 Å². The van der Waals surface area contributed by atoms with Gasteiger partial charge in [-0.05, 0) is 19.3 Å². The van der Waals surface area contributed by atoms with Crippen LogP contribution in [-0.2, 0) is 4.79 Å². The van der Waals surface area contributed by atoms with Crippen LogP contribution in [0.3, 0.4) is 0 Å². The summed E-state index contributed by atoms with van der Waals surface area (Å²) in [7, 11) is 0. The summed E-state index contributed by atoms with van der Waals surface area (Å²) in [5.74, 6) is 0.783. The van der Waals surface area contributed by atoms with Crippen LogP contribution in [0.2, 0.25) is 0 Å². The van der Waals surface area contributed by atoms with Crippen molar-refractivity contribution in [3.63, 3.8) is 0 Å². The summed E-state index contributed by atoms with van der Waals surface area (Å²) in [5, 5.41) is 0. The molecule has 3 nitrogen and oxygen atoms in total. The first kappa shape index (κ1) is 14.4. The molecule has 0 aliphatic rings. The number of carbonyl (C=O) groups excluding carboxylic acids is 1. The molecule has 0 radical (unpaired) electrons. The van der Waals surface area contributed by atoms with E-state index in [1.165, 1.54) is 0 Å². The number of carbonyl (C=O) groups is 1. The highest BCUT2D eigenvalue weighted by atomic mass is 32.1. The Morgan fingerprint density at radius 2 is 2.00 bits per heavy atom. The molecule has 0 unspecified atom stereocenters. The van der Waals surface area contributed by atoms with Gasteiger partial charge in [0.15, 0.2) is 0 Å². The summed E-state index contributed by atoms with van der Waals surface area (Å²) in [5.41, 5.74) is 5.41. The van der Waals surface area contributed by atoms with E-state index in [0.717, 1.165) is 13.0 Å². The van der Waals surface area contributed by atoms with Gasteiger partial charge >= 0.3 is 0 Å². The molecule has 0 aromatic rings. The summed E-state index contributed by atoms with van der Waals surface area (Å²) >= 11 is 4.79. The van der Waals surface area contributed by atoms with Crippen LogP contribution in [0.1, 0.15) is 40.0 Å². The maximum absolute atomic E-state index is 11.7. The third-order valence-corrected chi connectivity index (χ3v) is 2.50. The van der Waals surface area contributed by atoms with Crippen molar-refractivity contribution < 1.29 is 4.79 Å². The molecule has 0 spiro atoms. The quantitative estimate of drug-likeness (QED) is 0.680. The van der Waals surface area contributed by atoms with Crippen molar-refractivity contribution in [3.8, 4) is 0 Å². The average molecular weight is 230 g/mol. The van der Waals surface area contributed by atoms with Gasteiger partial charge in [0.1, 0.15) is 0 Å². The molecule has 0 aromatic carbocycles. The number of nitrogens with zero attached hydrogens (tertiary/aromatic N) is 1. The highest BCUT2D eigenvalue weighted by Gasteiger charge is 2.11. The van der Waals surface area contributed by atoms with Gasteiger partial charge in [0.25, 0.3) is 0 Å². The first-order valence-corrected chi connectivity index (χ1v) is 5.94. The second-order valence-electron chi connectivity index (χ2n) is 4.12. The zero-order valence-electron chi connectivity index (χ0n) is 9.95. The molecule has 1 amide bonds. The molecular weight excluding hydrogens is 208 g/mol. The van der Waals surface area contributed by atoms with Gasteiger partial charge in [-0.15, -0.1) is 0 Å². The summed E-state index contributed by atoms with van der Waals surface area (Å²) in [6.07, 6.45) is 2.20. The molecule has 15 heavy (non-hydrogen) atoms. The molecule has 4 heteroatoms. The third-order valence-electron chi connectivity index (χ3n) is 2.30. The Morgan fingerprint density at radius 1 is 1.40 bits per heavy atom. The zero-order valence-corrected chi connectivity index (χ0v) is 10.8. The van der Waals surface area contributed by atoms with Gasteiger partial charge in [-0.25, -0.2) is 0 Å². The van der Waals surface area contributed by atoms with Crippen LogP contribution >= 0.6 is 12.2 Å². The largest absolute Gasteiger partial charge is 0.393 e. The summed E-state index contributed by atoms with van der Waals surface area (Å²) in [6.45, 7) is 7.62. The molecule has 2 N–H and O–H groups in total. The fourth-order valence-electron chi connectivity index (χ4n) is 1.27. The molecule has 0 fully saturated rings. The van der Waals surface area contributed by atoms with E-state index in [1.807, 2.05) is 11.8 Å². The van der Waals surface area contributed by atoms with Gasteiger partial charge in [-0.2, -0.15) is 0 Å². The number of hydrogen-bond donors (Lipinski definition) is 1. The minimum Gasteiger partial charge on any atom is -0.393 e. The smallest absolute Gasteiger partial charge is 0.222 e. The molecule has 0 saturated heterocycles. The minimum absolute atomic E-state index is 0.211. The van der Waals surface area contributed by atoms with E-state index in [9.17, 15) is 4.79 Å². The van der Waals surface area contributed by atoms with E-state index in [-0.39, 0.29) is 5.91 Å². The van der Waals surface area contributed by atoms with Gasteiger partial charge in [0, 0.05) is 25.9 Å². The predicted molar refractivity (Wildman–Crippen MR) is 67.7 cm³/mol. The molecule has 0 aromatic heterocycles. The van der Waals surface area contributed by atoms with E-state index in [2.05, 4.69) is 13.8 Å². The summed E-state index contributed by atoms with van der Waals surface area (Å²) in [6, 6.07) is 0. The van der Waals surface area contributed by atoms with Gasteiger partial charge in [-0.1, -0.05) is 26.1 Å². The molecule has 88 valence electrons. The minimum atomic E-state index is 0.211. The number of amides is 1. The molecule has 0 bridgehead atoms. The average Bonchev–Trinajstić information content (AvgIpc) is 2.15. The molecule has 0 aliphatic heterocycles. The molecule has 0 rings (SSSR count). The topological polar surface area (TPSA) is 46.3 Å². The lowest BCUT2D eigenvalue weighted by Gasteiger charge is -2.21. The first-order chi connectivity index (χ1) is 6.97. The zero-order chi connectivity index (χ0) is 11.8. The molecular formula is C11H22N2OS. The van der Waals surface area contributed by atoms with E-state index < -0.39 is 0 Å². The summed E-state index contributed by atoms with van der Waals surface area (Å²) < 4.78 is 0. The van der Waals surface area contributed by atoms with Crippen molar-refractivity contribution in [3.05, 3.63) is 0 Å². The number of nitrogens with two attached hydrogens (primary N) is 1. The highest BCUT2D eigenvalue weighted by Crippen LogP contribution is 2.06.